The molecule has 1 fully saturated rings. The number of aliphatic hydroxyl groups excluding tert-OH is 2. The van der Waals surface area contributed by atoms with Crippen LogP contribution in [0.1, 0.15) is 45.2 Å². The van der Waals surface area contributed by atoms with Gasteiger partial charge in [-0.25, -0.2) is 0 Å². The molecular formula is C38H55N5O10S. The number of rotatable bonds is 10. The number of aromatic hydroxyl groups is 1. The van der Waals surface area contributed by atoms with Crippen molar-refractivity contribution in [2.75, 3.05) is 67.0 Å². The van der Waals surface area contributed by atoms with E-state index in [4.69, 9.17) is 23.7 Å². The number of thioether (sulfide) groups is 1. The van der Waals surface area contributed by atoms with E-state index in [0.29, 0.717) is 48.3 Å². The molecule has 3 aromatic rings. The lowest BCUT2D eigenvalue weighted by Gasteiger charge is -2.42. The zero-order valence-electron chi connectivity index (χ0n) is 32.4. The summed E-state index contributed by atoms with van der Waals surface area (Å²) in [4.78, 5) is 31.3. The van der Waals surface area contributed by atoms with E-state index in [-0.39, 0.29) is 66.3 Å². The summed E-state index contributed by atoms with van der Waals surface area (Å²) in [7, 11) is 7.72. The maximum atomic E-state index is 14.6. The van der Waals surface area contributed by atoms with Crippen LogP contribution in [0.2, 0.25) is 0 Å². The Hall–Kier alpha value is -4.09. The number of carbonyl (C=O) groups excluding carboxylic acids is 2. The van der Waals surface area contributed by atoms with E-state index in [9.17, 15) is 24.9 Å². The highest BCUT2D eigenvalue weighted by atomic mass is 32.2. The number of carbonyl (C=O) groups is 2. The SMILES string of the molecule is COc1cccc([C@@H]2[C@@H](C(C)C)CN(C(C)=O)C[C@H](OC)[C@@H](O)[C@@H](O)COCCCCN2C(=O)CSc2nnc(-c3cc(OC)c(O)c(OC)c3)n2C)c1. The number of aliphatic hydroxyl groups is 2. The van der Waals surface area contributed by atoms with E-state index < -0.39 is 24.4 Å². The van der Waals surface area contributed by atoms with E-state index in [1.54, 1.807) is 35.8 Å². The van der Waals surface area contributed by atoms with Gasteiger partial charge in [-0.1, -0.05) is 37.7 Å². The molecule has 1 aliphatic heterocycles. The van der Waals surface area contributed by atoms with Gasteiger partial charge in [-0.05, 0) is 48.6 Å². The second-order valence-electron chi connectivity index (χ2n) is 13.6. The Kier molecular flexibility index (Phi) is 15.8. The highest BCUT2D eigenvalue weighted by Crippen LogP contribution is 2.41. The van der Waals surface area contributed by atoms with Gasteiger partial charge in [0.15, 0.2) is 22.5 Å². The molecule has 0 spiro atoms. The van der Waals surface area contributed by atoms with Gasteiger partial charge >= 0.3 is 0 Å². The quantitative estimate of drug-likeness (QED) is 0.255. The van der Waals surface area contributed by atoms with Gasteiger partial charge < -0.3 is 53.4 Å². The van der Waals surface area contributed by atoms with Crippen molar-refractivity contribution in [1.82, 2.24) is 24.6 Å². The van der Waals surface area contributed by atoms with Crippen molar-refractivity contribution < 1.29 is 48.6 Å². The molecule has 0 aliphatic carbocycles. The van der Waals surface area contributed by atoms with Crippen LogP contribution in [0, 0.1) is 11.8 Å². The minimum Gasteiger partial charge on any atom is -0.502 e. The summed E-state index contributed by atoms with van der Waals surface area (Å²) < 4.78 is 29.4. The van der Waals surface area contributed by atoms with Crippen LogP contribution in [0.4, 0.5) is 0 Å². The molecule has 4 rings (SSSR count). The molecule has 0 bridgehead atoms. The van der Waals surface area contributed by atoms with Crippen molar-refractivity contribution in [3.63, 3.8) is 0 Å². The molecule has 2 amide bonds. The Morgan fingerprint density at radius 1 is 1.00 bits per heavy atom. The number of phenolic OH excluding ortho intramolecular Hbond substituents is 1. The van der Waals surface area contributed by atoms with Crippen molar-refractivity contribution in [1.29, 1.82) is 0 Å². The van der Waals surface area contributed by atoms with Crippen molar-refractivity contribution in [2.45, 2.75) is 63.1 Å². The van der Waals surface area contributed by atoms with Gasteiger partial charge in [0.25, 0.3) is 0 Å². The summed E-state index contributed by atoms with van der Waals surface area (Å²) in [5.41, 5.74) is 1.46. The number of hydrogen-bond acceptors (Lipinski definition) is 13. The molecule has 15 nitrogen and oxygen atoms in total. The summed E-state index contributed by atoms with van der Waals surface area (Å²) in [5, 5.41) is 41.4. The third kappa shape index (κ3) is 10.4. The predicted octanol–water partition coefficient (Wildman–Crippen LogP) is 3.54. The van der Waals surface area contributed by atoms with Gasteiger partial charge in [0, 0.05) is 58.8 Å². The first-order chi connectivity index (χ1) is 25.8. The predicted molar refractivity (Wildman–Crippen MR) is 203 cm³/mol. The summed E-state index contributed by atoms with van der Waals surface area (Å²) in [6, 6.07) is 10.4. The standard InChI is InChI=1S/C38H55N5O10S/c1-23(2)28-19-42(24(3)44)20-32(52-8)35(47)29(45)21-53-15-10-9-14-43(34(28)25-12-11-13-27(16-25)49-5)33(46)22-54-38-40-39-37(41(38)4)26-17-30(50-6)36(48)31(18-26)51-7/h11-13,16-18,23,28-29,32,34-35,45,47-48H,9-10,14-15,19-22H2,1-8H3/t28-,29+,32+,34-,35+/m1/s1. The number of ether oxygens (including phenoxy) is 5. The molecule has 3 N–H and O–H groups in total. The first kappa shape index (κ1) is 42.6. The van der Waals surface area contributed by atoms with Gasteiger partial charge in [0.05, 0.1) is 39.7 Å². The minimum atomic E-state index is -1.29. The largest absolute Gasteiger partial charge is 0.502 e. The number of aromatic nitrogens is 3. The van der Waals surface area contributed by atoms with Crippen molar-refractivity contribution in [2.24, 2.45) is 18.9 Å². The normalized spacial score (nSPS) is 22.0. The fourth-order valence-corrected chi connectivity index (χ4v) is 7.46. The smallest absolute Gasteiger partial charge is 0.233 e. The van der Waals surface area contributed by atoms with Crippen LogP contribution < -0.4 is 14.2 Å². The topological polar surface area (TPSA) is 178 Å². The third-order valence-electron chi connectivity index (χ3n) is 9.83. The molecule has 0 radical (unpaired) electrons. The maximum absolute atomic E-state index is 14.6. The second-order valence-corrected chi connectivity index (χ2v) is 14.6. The molecule has 1 aliphatic rings. The number of nitrogens with zero attached hydrogens (tertiary/aromatic N) is 5. The minimum absolute atomic E-state index is 0.0119. The Morgan fingerprint density at radius 3 is 2.31 bits per heavy atom. The van der Waals surface area contributed by atoms with E-state index in [2.05, 4.69) is 24.0 Å². The average Bonchev–Trinajstić information content (AvgIpc) is 3.53. The lowest BCUT2D eigenvalue weighted by Crippen LogP contribution is -2.51. The van der Waals surface area contributed by atoms with Crippen molar-refractivity contribution >= 4 is 23.6 Å². The molecule has 2 heterocycles. The lowest BCUT2D eigenvalue weighted by molar-refractivity contribution is -0.139. The Balaban J connectivity index is 1.73. The summed E-state index contributed by atoms with van der Waals surface area (Å²) in [5.74, 6) is 0.813. The Labute approximate surface area is 321 Å². The summed E-state index contributed by atoms with van der Waals surface area (Å²) in [6.45, 7) is 6.45. The fourth-order valence-electron chi connectivity index (χ4n) is 6.66. The lowest BCUT2D eigenvalue weighted by atomic mass is 9.82. The zero-order chi connectivity index (χ0) is 39.5. The molecule has 2 aromatic carbocycles. The van der Waals surface area contributed by atoms with Crippen LogP contribution in [0.3, 0.4) is 0 Å². The number of methoxy groups -OCH3 is 4. The van der Waals surface area contributed by atoms with Gasteiger partial charge in [-0.15, -0.1) is 10.2 Å². The zero-order valence-corrected chi connectivity index (χ0v) is 33.2. The van der Waals surface area contributed by atoms with E-state index in [1.165, 1.54) is 40.0 Å². The van der Waals surface area contributed by atoms with Gasteiger partial charge in [0.1, 0.15) is 24.1 Å². The van der Waals surface area contributed by atoms with Gasteiger partial charge in [0.2, 0.25) is 17.6 Å². The van der Waals surface area contributed by atoms with E-state index in [0.717, 1.165) is 5.56 Å². The van der Waals surface area contributed by atoms with Crippen LogP contribution in [-0.4, -0.2) is 137 Å². The first-order valence-corrected chi connectivity index (χ1v) is 19.0. The third-order valence-corrected chi connectivity index (χ3v) is 10.8. The monoisotopic (exact) mass is 773 g/mol. The van der Waals surface area contributed by atoms with Crippen LogP contribution >= 0.6 is 11.8 Å². The highest BCUT2D eigenvalue weighted by Gasteiger charge is 2.38. The molecular weight excluding hydrogens is 719 g/mol. The van der Waals surface area contributed by atoms with Crippen LogP contribution in [0.25, 0.3) is 11.4 Å². The van der Waals surface area contributed by atoms with E-state index in [1.807, 2.05) is 29.2 Å². The second kappa shape index (κ2) is 20.0. The maximum Gasteiger partial charge on any atom is 0.233 e. The summed E-state index contributed by atoms with van der Waals surface area (Å²) in [6.07, 6.45) is -2.20. The van der Waals surface area contributed by atoms with Crippen LogP contribution in [-0.2, 0) is 26.1 Å². The molecule has 298 valence electrons. The average molecular weight is 774 g/mol. The molecule has 5 atom stereocenters. The Bertz CT molecular complexity index is 1660. The molecule has 0 unspecified atom stereocenters. The van der Waals surface area contributed by atoms with Gasteiger partial charge in [-0.3, -0.25) is 9.59 Å². The number of amides is 2. The van der Waals surface area contributed by atoms with Crippen LogP contribution in [0.5, 0.6) is 23.0 Å². The number of phenols is 1. The highest BCUT2D eigenvalue weighted by molar-refractivity contribution is 7.99. The number of hydrogen-bond donors (Lipinski definition) is 3. The fraction of sp³-hybridized carbons (Fsp3) is 0.579. The molecule has 54 heavy (non-hydrogen) atoms. The van der Waals surface area contributed by atoms with Crippen LogP contribution in [0.15, 0.2) is 41.6 Å². The Morgan fingerprint density at radius 2 is 1.70 bits per heavy atom. The number of benzene rings is 2. The van der Waals surface area contributed by atoms with Crippen molar-refractivity contribution in [3.8, 4) is 34.4 Å². The van der Waals surface area contributed by atoms with Gasteiger partial charge in [-0.2, -0.15) is 0 Å². The summed E-state index contributed by atoms with van der Waals surface area (Å²) >= 11 is 1.25. The molecule has 0 saturated carbocycles. The first-order valence-electron chi connectivity index (χ1n) is 18.0. The molecule has 1 aromatic heterocycles. The molecule has 16 heteroatoms. The van der Waals surface area contributed by atoms with E-state index >= 15 is 0 Å². The molecule has 1 saturated heterocycles. The van der Waals surface area contributed by atoms with Crippen molar-refractivity contribution in [3.05, 3.63) is 42.0 Å².